The lowest BCUT2D eigenvalue weighted by Gasteiger charge is -2.24. The van der Waals surface area contributed by atoms with E-state index >= 15 is 0 Å². The Labute approximate surface area is 191 Å². The van der Waals surface area contributed by atoms with Crippen LogP contribution in [0.4, 0.5) is 0 Å². The second-order valence-electron chi connectivity index (χ2n) is 7.45. The van der Waals surface area contributed by atoms with Crippen molar-refractivity contribution < 1.29 is 14.3 Å². The first-order valence-electron chi connectivity index (χ1n) is 10.4. The molecule has 3 aromatic heterocycles. The average molecular weight is 454 g/mol. The maximum absolute atomic E-state index is 11.8. The van der Waals surface area contributed by atoms with E-state index in [9.17, 15) is 5.11 Å². The number of hydrogen-bond donors (Lipinski definition) is 1. The third-order valence-corrected chi connectivity index (χ3v) is 7.24. The van der Waals surface area contributed by atoms with E-state index in [1.54, 1.807) is 7.11 Å². The molecule has 0 aliphatic rings. The van der Waals surface area contributed by atoms with Crippen LogP contribution >= 0.6 is 22.7 Å². The number of benzene rings is 1. The molecule has 0 saturated carbocycles. The first kappa shape index (κ1) is 21.8. The number of methoxy groups -OCH3 is 1. The summed E-state index contributed by atoms with van der Waals surface area (Å²) >= 11 is 3.06. The summed E-state index contributed by atoms with van der Waals surface area (Å²) in [5.41, 5.74) is -0.113. The van der Waals surface area contributed by atoms with Gasteiger partial charge in [-0.3, -0.25) is 4.90 Å². The lowest BCUT2D eigenvalue weighted by atomic mass is 9.97. The minimum absolute atomic E-state index is 0.557. The van der Waals surface area contributed by atoms with Gasteiger partial charge in [-0.1, -0.05) is 37.3 Å². The highest BCUT2D eigenvalue weighted by atomic mass is 32.1. The van der Waals surface area contributed by atoms with Gasteiger partial charge in [-0.25, -0.2) is 0 Å². The van der Waals surface area contributed by atoms with Crippen LogP contribution in [-0.2, 0) is 18.7 Å². The standard InChI is InChI=1S/C25H27NO3S2/c1-3-14-26(17-19-8-4-5-9-21(19)28-2)18-20-12-13-22(29-20)25(27,23-10-6-15-30-23)24-11-7-16-31-24/h4-13,15-16,27H,3,14,17-18H2,1-2H3. The number of rotatable bonds is 10. The van der Waals surface area contributed by atoms with Gasteiger partial charge in [-0.15, -0.1) is 22.7 Å². The summed E-state index contributed by atoms with van der Waals surface area (Å²) in [4.78, 5) is 4.06. The lowest BCUT2D eigenvalue weighted by Crippen LogP contribution is -2.26. The van der Waals surface area contributed by atoms with Crippen LogP contribution in [0.3, 0.4) is 0 Å². The zero-order chi connectivity index (χ0) is 21.7. The van der Waals surface area contributed by atoms with Crippen LogP contribution in [0.15, 0.2) is 75.8 Å². The summed E-state index contributed by atoms with van der Waals surface area (Å²) in [5, 5.41) is 15.7. The molecule has 0 fully saturated rings. The van der Waals surface area contributed by atoms with Gasteiger partial charge in [0.05, 0.1) is 13.7 Å². The Bertz CT molecular complexity index is 1040. The van der Waals surface area contributed by atoms with Gasteiger partial charge in [0.25, 0.3) is 0 Å². The van der Waals surface area contributed by atoms with E-state index in [2.05, 4.69) is 17.9 Å². The number of aliphatic hydroxyl groups is 1. The van der Waals surface area contributed by atoms with Crippen molar-refractivity contribution in [2.24, 2.45) is 0 Å². The van der Waals surface area contributed by atoms with Crippen molar-refractivity contribution in [2.45, 2.75) is 32.0 Å². The average Bonchev–Trinajstić information content (AvgIpc) is 3.57. The molecule has 0 aliphatic heterocycles. The van der Waals surface area contributed by atoms with Gasteiger partial charge in [-0.05, 0) is 54.1 Å². The van der Waals surface area contributed by atoms with Gasteiger partial charge >= 0.3 is 0 Å². The second-order valence-corrected chi connectivity index (χ2v) is 9.35. The maximum atomic E-state index is 11.8. The molecule has 0 unspecified atom stereocenters. The lowest BCUT2D eigenvalue weighted by molar-refractivity contribution is 0.102. The van der Waals surface area contributed by atoms with E-state index in [0.29, 0.717) is 12.3 Å². The van der Waals surface area contributed by atoms with Crippen molar-refractivity contribution in [1.29, 1.82) is 0 Å². The third kappa shape index (κ3) is 4.62. The highest BCUT2D eigenvalue weighted by Crippen LogP contribution is 2.41. The van der Waals surface area contributed by atoms with Gasteiger partial charge in [0.1, 0.15) is 17.3 Å². The maximum Gasteiger partial charge on any atom is 0.191 e. The molecule has 1 aromatic carbocycles. The Morgan fingerprint density at radius 2 is 1.65 bits per heavy atom. The molecule has 6 heteroatoms. The Balaban J connectivity index is 1.59. The largest absolute Gasteiger partial charge is 0.496 e. The highest BCUT2D eigenvalue weighted by Gasteiger charge is 2.39. The monoisotopic (exact) mass is 453 g/mol. The van der Waals surface area contributed by atoms with Gasteiger partial charge in [0.2, 0.25) is 0 Å². The summed E-state index contributed by atoms with van der Waals surface area (Å²) < 4.78 is 11.8. The van der Waals surface area contributed by atoms with Crippen molar-refractivity contribution in [3.05, 3.63) is 98.3 Å². The first-order valence-corrected chi connectivity index (χ1v) is 12.1. The van der Waals surface area contributed by atoms with Crippen molar-refractivity contribution in [3.63, 3.8) is 0 Å². The van der Waals surface area contributed by atoms with Gasteiger partial charge in [-0.2, -0.15) is 0 Å². The van der Waals surface area contributed by atoms with Crippen molar-refractivity contribution in [1.82, 2.24) is 4.90 Å². The predicted molar refractivity (Wildman–Crippen MR) is 127 cm³/mol. The molecule has 4 rings (SSSR count). The summed E-state index contributed by atoms with van der Waals surface area (Å²) in [6.45, 7) is 4.55. The third-order valence-electron chi connectivity index (χ3n) is 5.28. The number of hydrogen-bond acceptors (Lipinski definition) is 6. The minimum Gasteiger partial charge on any atom is -0.496 e. The molecule has 1 N–H and O–H groups in total. The minimum atomic E-state index is -1.27. The number of thiophene rings is 2. The smallest absolute Gasteiger partial charge is 0.191 e. The number of ether oxygens (including phenoxy) is 1. The van der Waals surface area contributed by atoms with E-state index in [0.717, 1.165) is 46.3 Å². The van der Waals surface area contributed by atoms with Crippen LogP contribution < -0.4 is 4.74 Å². The molecule has 0 atom stereocenters. The summed E-state index contributed by atoms with van der Waals surface area (Å²) in [7, 11) is 1.71. The Kier molecular flexibility index (Phi) is 6.92. The zero-order valence-corrected chi connectivity index (χ0v) is 19.4. The van der Waals surface area contributed by atoms with Gasteiger partial charge < -0.3 is 14.3 Å². The SMILES string of the molecule is CCCN(Cc1ccc(C(O)(c2cccs2)c2cccs2)o1)Cc1ccccc1OC. The predicted octanol–water partition coefficient (Wildman–Crippen LogP) is 6.11. The molecule has 0 aliphatic carbocycles. The van der Waals surface area contributed by atoms with Crippen molar-refractivity contribution in [2.75, 3.05) is 13.7 Å². The fraction of sp³-hybridized carbons (Fsp3) is 0.280. The molecule has 4 nitrogen and oxygen atoms in total. The van der Waals surface area contributed by atoms with Crippen LogP contribution in [0, 0.1) is 0 Å². The van der Waals surface area contributed by atoms with E-state index in [4.69, 9.17) is 9.15 Å². The molecule has 31 heavy (non-hydrogen) atoms. The fourth-order valence-corrected chi connectivity index (χ4v) is 5.56. The van der Waals surface area contributed by atoms with E-state index in [1.165, 1.54) is 22.7 Å². The van der Waals surface area contributed by atoms with Gasteiger partial charge in [0, 0.05) is 21.9 Å². The van der Waals surface area contributed by atoms with Gasteiger partial charge in [0.15, 0.2) is 5.60 Å². The number of para-hydroxylation sites is 1. The Hall–Kier alpha value is -2.38. The molecule has 0 saturated heterocycles. The number of nitrogens with zero attached hydrogens (tertiary/aromatic N) is 1. The van der Waals surface area contributed by atoms with E-state index < -0.39 is 5.60 Å². The fourth-order valence-electron chi connectivity index (χ4n) is 3.82. The number of furan rings is 1. The van der Waals surface area contributed by atoms with Crippen molar-refractivity contribution >= 4 is 22.7 Å². The van der Waals surface area contributed by atoms with E-state index in [-0.39, 0.29) is 0 Å². The van der Waals surface area contributed by atoms with E-state index in [1.807, 2.05) is 65.4 Å². The van der Waals surface area contributed by atoms with Crippen LogP contribution in [0.2, 0.25) is 0 Å². The van der Waals surface area contributed by atoms with Crippen molar-refractivity contribution in [3.8, 4) is 5.75 Å². The molecule has 3 heterocycles. The molecular formula is C25H27NO3S2. The molecule has 0 bridgehead atoms. The zero-order valence-electron chi connectivity index (χ0n) is 17.8. The summed E-state index contributed by atoms with van der Waals surface area (Å²) in [6, 6.07) is 19.8. The Morgan fingerprint density at radius 3 is 2.26 bits per heavy atom. The molecule has 0 spiro atoms. The first-order chi connectivity index (χ1) is 15.1. The van der Waals surface area contributed by atoms with Crippen LogP contribution in [0.5, 0.6) is 5.75 Å². The second kappa shape index (κ2) is 9.83. The molecular weight excluding hydrogens is 426 g/mol. The van der Waals surface area contributed by atoms with Crippen LogP contribution in [0.25, 0.3) is 0 Å². The molecule has 4 aromatic rings. The van der Waals surface area contributed by atoms with Crippen LogP contribution in [-0.4, -0.2) is 23.7 Å². The normalized spacial score (nSPS) is 11.9. The Morgan fingerprint density at radius 1 is 0.935 bits per heavy atom. The summed E-state index contributed by atoms with van der Waals surface area (Å²) in [6.07, 6.45) is 1.04. The summed E-state index contributed by atoms with van der Waals surface area (Å²) in [5.74, 6) is 2.29. The molecule has 0 amide bonds. The van der Waals surface area contributed by atoms with Crippen LogP contribution in [0.1, 0.15) is 40.2 Å². The molecule has 162 valence electrons. The topological polar surface area (TPSA) is 45.8 Å². The quantitative estimate of drug-likeness (QED) is 0.315. The molecule has 0 radical (unpaired) electrons. The highest BCUT2D eigenvalue weighted by molar-refractivity contribution is 7.11.